The molecule has 0 bridgehead atoms. The fourth-order valence-electron chi connectivity index (χ4n) is 1.18. The predicted molar refractivity (Wildman–Crippen MR) is 50.9 cm³/mol. The van der Waals surface area contributed by atoms with Crippen molar-refractivity contribution in [2.75, 3.05) is 0 Å². The number of aromatic nitrogens is 3. The van der Waals surface area contributed by atoms with Crippen molar-refractivity contribution in [3.63, 3.8) is 0 Å². The quantitative estimate of drug-likeness (QED) is 0.746. The Hall–Kier alpha value is -0.900. The van der Waals surface area contributed by atoms with Crippen LogP contribution in [0, 0.1) is 0 Å². The largest absolute Gasteiger partial charge is 0.245 e. The van der Waals surface area contributed by atoms with Crippen molar-refractivity contribution in [2.24, 2.45) is 0 Å². The van der Waals surface area contributed by atoms with Crippen LogP contribution in [0.25, 0.3) is 11.0 Å². The molecule has 0 aliphatic rings. The van der Waals surface area contributed by atoms with E-state index in [2.05, 4.69) is 33.2 Å². The minimum absolute atomic E-state index is 0.859. The van der Waals surface area contributed by atoms with E-state index in [-0.39, 0.29) is 0 Å². The van der Waals surface area contributed by atoms with E-state index in [0.29, 0.717) is 0 Å². The van der Waals surface area contributed by atoms with Gasteiger partial charge in [0.1, 0.15) is 5.52 Å². The molecular formula is C8H8BrN3. The van der Waals surface area contributed by atoms with Gasteiger partial charge in [-0.05, 0) is 25.1 Å². The highest BCUT2D eigenvalue weighted by Crippen LogP contribution is 2.16. The fourth-order valence-corrected chi connectivity index (χ4v) is 1.53. The first-order valence-electron chi connectivity index (χ1n) is 3.80. The van der Waals surface area contributed by atoms with Crippen molar-refractivity contribution in [1.82, 2.24) is 15.0 Å². The maximum absolute atomic E-state index is 4.03. The second-order valence-electron chi connectivity index (χ2n) is 2.54. The summed E-state index contributed by atoms with van der Waals surface area (Å²) in [5.41, 5.74) is 2.02. The van der Waals surface area contributed by atoms with Gasteiger partial charge in [-0.1, -0.05) is 21.1 Å². The molecule has 3 nitrogen and oxygen atoms in total. The molecule has 1 heterocycles. The molecule has 0 radical (unpaired) electrons. The summed E-state index contributed by atoms with van der Waals surface area (Å²) in [6.07, 6.45) is 0. The van der Waals surface area contributed by atoms with Gasteiger partial charge in [0.25, 0.3) is 0 Å². The van der Waals surface area contributed by atoms with Gasteiger partial charge in [0.15, 0.2) is 0 Å². The third-order valence-electron chi connectivity index (χ3n) is 1.78. The molecule has 0 N–H and O–H groups in total. The highest BCUT2D eigenvalue weighted by atomic mass is 79.9. The second kappa shape index (κ2) is 2.86. The van der Waals surface area contributed by atoms with E-state index in [0.717, 1.165) is 22.1 Å². The van der Waals surface area contributed by atoms with Gasteiger partial charge in [-0.2, -0.15) is 0 Å². The Morgan fingerprint density at radius 1 is 1.50 bits per heavy atom. The van der Waals surface area contributed by atoms with Gasteiger partial charge in [0.05, 0.1) is 5.52 Å². The number of fused-ring (bicyclic) bond motifs is 1. The van der Waals surface area contributed by atoms with Crippen molar-refractivity contribution < 1.29 is 0 Å². The molecule has 1 aromatic heterocycles. The second-order valence-corrected chi connectivity index (χ2v) is 3.45. The van der Waals surface area contributed by atoms with E-state index < -0.39 is 0 Å². The summed E-state index contributed by atoms with van der Waals surface area (Å²) in [6, 6.07) is 5.98. The molecular weight excluding hydrogens is 218 g/mol. The lowest BCUT2D eigenvalue weighted by Gasteiger charge is -1.94. The summed E-state index contributed by atoms with van der Waals surface area (Å²) in [4.78, 5) is 0. The number of hydrogen-bond donors (Lipinski definition) is 0. The van der Waals surface area contributed by atoms with Crippen LogP contribution in [0.4, 0.5) is 0 Å². The van der Waals surface area contributed by atoms with Crippen LogP contribution in [-0.4, -0.2) is 15.0 Å². The molecule has 0 aliphatic heterocycles. The Balaban J connectivity index is 2.73. The molecule has 0 amide bonds. The molecule has 2 aromatic rings. The van der Waals surface area contributed by atoms with Crippen molar-refractivity contribution in [2.45, 2.75) is 13.5 Å². The third kappa shape index (κ3) is 1.12. The van der Waals surface area contributed by atoms with Crippen molar-refractivity contribution in [1.29, 1.82) is 0 Å². The number of benzene rings is 1. The van der Waals surface area contributed by atoms with Crippen LogP contribution in [-0.2, 0) is 6.54 Å². The molecule has 0 spiro atoms. The highest BCUT2D eigenvalue weighted by Gasteiger charge is 2.01. The van der Waals surface area contributed by atoms with Gasteiger partial charge in [-0.15, -0.1) is 5.10 Å². The zero-order valence-electron chi connectivity index (χ0n) is 6.66. The van der Waals surface area contributed by atoms with Gasteiger partial charge >= 0.3 is 0 Å². The average molecular weight is 226 g/mol. The molecule has 2 rings (SSSR count). The molecule has 4 heteroatoms. The summed E-state index contributed by atoms with van der Waals surface area (Å²) >= 11 is 3.39. The molecule has 0 fully saturated rings. The Morgan fingerprint density at radius 3 is 3.08 bits per heavy atom. The Labute approximate surface area is 78.5 Å². The third-order valence-corrected chi connectivity index (χ3v) is 2.27. The van der Waals surface area contributed by atoms with E-state index in [4.69, 9.17) is 0 Å². The number of halogens is 1. The fraction of sp³-hybridized carbons (Fsp3) is 0.250. The summed E-state index contributed by atoms with van der Waals surface area (Å²) in [5.74, 6) is 0. The molecule has 1 aromatic carbocycles. The maximum atomic E-state index is 4.03. The van der Waals surface area contributed by atoms with Crippen LogP contribution in [0.15, 0.2) is 22.7 Å². The monoisotopic (exact) mass is 225 g/mol. The minimum atomic E-state index is 0.859. The standard InChI is InChI=1S/C8H8BrN3/c1-2-12-8-4-3-6(9)5-7(8)10-11-12/h3-5H,2H2,1H3. The molecule has 62 valence electrons. The van der Waals surface area contributed by atoms with Gasteiger partial charge in [0, 0.05) is 11.0 Å². The van der Waals surface area contributed by atoms with Gasteiger partial charge in [-0.25, -0.2) is 4.68 Å². The normalized spacial score (nSPS) is 10.8. The van der Waals surface area contributed by atoms with Crippen LogP contribution < -0.4 is 0 Å². The molecule has 0 unspecified atom stereocenters. The topological polar surface area (TPSA) is 30.7 Å². The Bertz CT molecular complexity index is 408. The van der Waals surface area contributed by atoms with Crippen LogP contribution in [0.2, 0.25) is 0 Å². The number of hydrogen-bond acceptors (Lipinski definition) is 2. The number of aryl methyl sites for hydroxylation is 1. The summed E-state index contributed by atoms with van der Waals surface area (Å²) in [7, 11) is 0. The lowest BCUT2D eigenvalue weighted by Crippen LogP contribution is -1.95. The van der Waals surface area contributed by atoms with Gasteiger partial charge in [0.2, 0.25) is 0 Å². The molecule has 12 heavy (non-hydrogen) atoms. The first-order valence-corrected chi connectivity index (χ1v) is 4.59. The molecule has 0 saturated carbocycles. The smallest absolute Gasteiger partial charge is 0.114 e. The van der Waals surface area contributed by atoms with Crippen molar-refractivity contribution in [3.8, 4) is 0 Å². The Morgan fingerprint density at radius 2 is 2.33 bits per heavy atom. The lowest BCUT2D eigenvalue weighted by molar-refractivity contribution is 0.646. The van der Waals surface area contributed by atoms with E-state index in [1.54, 1.807) is 0 Å². The molecule has 0 atom stereocenters. The van der Waals surface area contributed by atoms with Crippen LogP contribution >= 0.6 is 15.9 Å². The predicted octanol–water partition coefficient (Wildman–Crippen LogP) is 2.21. The van der Waals surface area contributed by atoms with E-state index in [1.807, 2.05) is 22.9 Å². The first kappa shape index (κ1) is 7.73. The summed E-state index contributed by atoms with van der Waals surface area (Å²) in [6.45, 7) is 2.91. The summed E-state index contributed by atoms with van der Waals surface area (Å²) in [5, 5.41) is 8.03. The van der Waals surface area contributed by atoms with Crippen molar-refractivity contribution >= 4 is 27.0 Å². The van der Waals surface area contributed by atoms with Crippen molar-refractivity contribution in [3.05, 3.63) is 22.7 Å². The Kier molecular flexibility index (Phi) is 1.84. The van der Waals surface area contributed by atoms with Crippen LogP contribution in [0.3, 0.4) is 0 Å². The first-order chi connectivity index (χ1) is 5.81. The number of nitrogens with zero attached hydrogens (tertiary/aromatic N) is 3. The zero-order valence-corrected chi connectivity index (χ0v) is 8.24. The zero-order chi connectivity index (χ0) is 8.55. The molecule has 0 saturated heterocycles. The average Bonchev–Trinajstić information content (AvgIpc) is 2.46. The highest BCUT2D eigenvalue weighted by molar-refractivity contribution is 9.10. The SMILES string of the molecule is CCn1nnc2cc(Br)ccc21. The van der Waals surface area contributed by atoms with Gasteiger partial charge < -0.3 is 0 Å². The van der Waals surface area contributed by atoms with Gasteiger partial charge in [-0.3, -0.25) is 0 Å². The van der Waals surface area contributed by atoms with E-state index in [1.165, 1.54) is 0 Å². The number of rotatable bonds is 1. The van der Waals surface area contributed by atoms with E-state index in [9.17, 15) is 0 Å². The molecule has 0 aliphatic carbocycles. The minimum Gasteiger partial charge on any atom is -0.245 e. The maximum Gasteiger partial charge on any atom is 0.114 e. The summed E-state index contributed by atoms with van der Waals surface area (Å²) < 4.78 is 2.92. The van der Waals surface area contributed by atoms with Crippen LogP contribution in [0.5, 0.6) is 0 Å². The lowest BCUT2D eigenvalue weighted by atomic mass is 10.3. The van der Waals surface area contributed by atoms with E-state index >= 15 is 0 Å². The van der Waals surface area contributed by atoms with Crippen LogP contribution in [0.1, 0.15) is 6.92 Å².